The van der Waals surface area contributed by atoms with E-state index in [4.69, 9.17) is 21.8 Å². The molecule has 1 aromatic carbocycles. The minimum absolute atomic E-state index is 0.135. The summed E-state index contributed by atoms with van der Waals surface area (Å²) in [5.41, 5.74) is 7.23. The topological polar surface area (TPSA) is 42.4 Å². The molecule has 0 spiro atoms. The number of nitrogens with zero attached hydrogens (tertiary/aromatic N) is 1. The first-order valence-electron chi connectivity index (χ1n) is 7.12. The van der Waals surface area contributed by atoms with Gasteiger partial charge in [0.05, 0.1) is 12.8 Å². The molecule has 1 unspecified atom stereocenters. The summed E-state index contributed by atoms with van der Waals surface area (Å²) in [5, 5.41) is 0.736. The van der Waals surface area contributed by atoms with Gasteiger partial charge >= 0.3 is 0 Å². The lowest BCUT2D eigenvalue weighted by atomic mass is 10.0. The van der Waals surface area contributed by atoms with Crippen LogP contribution in [0.3, 0.4) is 0 Å². The van der Waals surface area contributed by atoms with Gasteiger partial charge in [0.15, 0.2) is 0 Å². The maximum absolute atomic E-state index is 6.16. The van der Waals surface area contributed by atoms with Crippen LogP contribution in [0.15, 0.2) is 45.5 Å². The van der Waals surface area contributed by atoms with Crippen molar-refractivity contribution < 1.29 is 4.42 Å². The van der Waals surface area contributed by atoms with Gasteiger partial charge in [0, 0.05) is 28.1 Å². The molecule has 21 heavy (non-hydrogen) atoms. The zero-order chi connectivity index (χ0) is 14.8. The Labute approximate surface area is 138 Å². The summed E-state index contributed by atoms with van der Waals surface area (Å²) in [6, 6.07) is 10.5. The van der Waals surface area contributed by atoms with E-state index in [-0.39, 0.29) is 6.04 Å². The molecule has 1 heterocycles. The number of nitrogens with two attached hydrogens (primary N) is 1. The van der Waals surface area contributed by atoms with Gasteiger partial charge in [-0.05, 0) is 48.7 Å². The summed E-state index contributed by atoms with van der Waals surface area (Å²) >= 11 is 9.79. The Morgan fingerprint density at radius 3 is 2.81 bits per heavy atom. The molecule has 1 aliphatic rings. The van der Waals surface area contributed by atoms with Crippen LogP contribution in [0, 0.1) is 0 Å². The molecule has 1 aromatic heterocycles. The van der Waals surface area contributed by atoms with Crippen LogP contribution in [0.25, 0.3) is 0 Å². The van der Waals surface area contributed by atoms with Crippen molar-refractivity contribution in [3.8, 4) is 0 Å². The van der Waals surface area contributed by atoms with E-state index in [1.54, 1.807) is 6.26 Å². The monoisotopic (exact) mass is 368 g/mol. The lowest BCUT2D eigenvalue weighted by Gasteiger charge is -2.31. The second-order valence-electron chi connectivity index (χ2n) is 5.40. The third-order valence-corrected chi connectivity index (χ3v) is 4.83. The molecule has 2 N–H and O–H groups in total. The molecule has 112 valence electrons. The van der Waals surface area contributed by atoms with Gasteiger partial charge < -0.3 is 10.2 Å². The Bertz CT molecular complexity index is 598. The van der Waals surface area contributed by atoms with Crippen molar-refractivity contribution in [3.63, 3.8) is 0 Å². The number of rotatable bonds is 6. The van der Waals surface area contributed by atoms with E-state index in [1.165, 1.54) is 12.8 Å². The zero-order valence-electron chi connectivity index (χ0n) is 11.6. The average Bonchev–Trinajstić information content (AvgIpc) is 3.19. The summed E-state index contributed by atoms with van der Waals surface area (Å²) < 4.78 is 6.55. The van der Waals surface area contributed by atoms with Crippen LogP contribution in [-0.4, -0.2) is 17.5 Å². The molecule has 3 rings (SSSR count). The van der Waals surface area contributed by atoms with E-state index < -0.39 is 0 Å². The largest absolute Gasteiger partial charge is 0.468 e. The van der Waals surface area contributed by atoms with Crippen molar-refractivity contribution in [2.45, 2.75) is 31.5 Å². The van der Waals surface area contributed by atoms with Gasteiger partial charge in [0.1, 0.15) is 5.76 Å². The van der Waals surface area contributed by atoms with Crippen LogP contribution in [0.5, 0.6) is 0 Å². The molecule has 3 nitrogen and oxygen atoms in total. The summed E-state index contributed by atoms with van der Waals surface area (Å²) in [6.45, 7) is 1.33. The number of furan rings is 1. The highest BCUT2D eigenvalue weighted by atomic mass is 79.9. The van der Waals surface area contributed by atoms with Crippen molar-refractivity contribution in [2.24, 2.45) is 5.73 Å². The molecule has 1 aliphatic carbocycles. The van der Waals surface area contributed by atoms with Crippen molar-refractivity contribution in [3.05, 3.63) is 57.4 Å². The van der Waals surface area contributed by atoms with Crippen molar-refractivity contribution in [1.29, 1.82) is 0 Å². The Morgan fingerprint density at radius 2 is 2.19 bits per heavy atom. The van der Waals surface area contributed by atoms with Gasteiger partial charge in [-0.1, -0.05) is 27.5 Å². The molecule has 0 radical (unpaired) electrons. The smallest absolute Gasteiger partial charge is 0.117 e. The highest BCUT2D eigenvalue weighted by Gasteiger charge is 2.35. The second-order valence-corrected chi connectivity index (χ2v) is 6.69. The van der Waals surface area contributed by atoms with Gasteiger partial charge in [-0.2, -0.15) is 0 Å². The first-order chi connectivity index (χ1) is 10.2. The third kappa shape index (κ3) is 3.51. The van der Waals surface area contributed by atoms with Crippen LogP contribution in [0.1, 0.15) is 30.2 Å². The molecular weight excluding hydrogens is 352 g/mol. The molecule has 1 fully saturated rings. The average molecular weight is 370 g/mol. The highest BCUT2D eigenvalue weighted by Crippen LogP contribution is 2.38. The number of hydrogen-bond acceptors (Lipinski definition) is 3. The lowest BCUT2D eigenvalue weighted by Crippen LogP contribution is -2.35. The summed E-state index contributed by atoms with van der Waals surface area (Å²) in [4.78, 5) is 2.43. The lowest BCUT2D eigenvalue weighted by molar-refractivity contribution is 0.167. The van der Waals surface area contributed by atoms with Crippen molar-refractivity contribution >= 4 is 27.5 Å². The summed E-state index contributed by atoms with van der Waals surface area (Å²) in [5.74, 6) is 0.971. The van der Waals surface area contributed by atoms with Gasteiger partial charge in [0.2, 0.25) is 0 Å². The van der Waals surface area contributed by atoms with Crippen LogP contribution in [0.2, 0.25) is 5.02 Å². The summed E-state index contributed by atoms with van der Waals surface area (Å²) in [7, 11) is 0. The summed E-state index contributed by atoms with van der Waals surface area (Å²) in [6.07, 6.45) is 4.15. The first-order valence-corrected chi connectivity index (χ1v) is 8.29. The van der Waals surface area contributed by atoms with Crippen LogP contribution in [0.4, 0.5) is 0 Å². The predicted octanol–water partition coefficient (Wildman–Crippen LogP) is 4.36. The zero-order valence-corrected chi connectivity index (χ0v) is 14.0. The SMILES string of the molecule is NCC(c1cc(Cl)ccc1Br)N(Cc1ccco1)C1CC1. The van der Waals surface area contributed by atoms with Gasteiger partial charge in [-0.25, -0.2) is 0 Å². The number of halogens is 2. The quantitative estimate of drug-likeness (QED) is 0.822. The molecule has 1 saturated carbocycles. The van der Waals surface area contributed by atoms with E-state index in [2.05, 4.69) is 20.8 Å². The van der Waals surface area contributed by atoms with E-state index in [1.807, 2.05) is 30.3 Å². The standard InChI is InChI=1S/C16H18BrClN2O/c17-15-6-3-11(18)8-14(15)16(9-19)20(12-4-5-12)10-13-2-1-7-21-13/h1-3,6-8,12,16H,4-5,9-10,19H2. The fourth-order valence-corrected chi connectivity index (χ4v) is 3.38. The Hall–Kier alpha value is -0.810. The van der Waals surface area contributed by atoms with Crippen LogP contribution in [-0.2, 0) is 6.54 Å². The Balaban J connectivity index is 1.89. The maximum Gasteiger partial charge on any atom is 0.117 e. The molecule has 1 atom stereocenters. The van der Waals surface area contributed by atoms with Gasteiger partial charge in [-0.3, -0.25) is 4.90 Å². The minimum Gasteiger partial charge on any atom is -0.468 e. The van der Waals surface area contributed by atoms with E-state index in [0.29, 0.717) is 12.6 Å². The number of hydrogen-bond donors (Lipinski definition) is 1. The van der Waals surface area contributed by atoms with E-state index in [0.717, 1.165) is 27.4 Å². The molecular formula is C16H18BrClN2O. The number of benzene rings is 1. The molecule has 0 bridgehead atoms. The normalized spacial score (nSPS) is 16.4. The predicted molar refractivity (Wildman–Crippen MR) is 88.2 cm³/mol. The van der Waals surface area contributed by atoms with E-state index >= 15 is 0 Å². The van der Waals surface area contributed by atoms with Gasteiger partial charge in [-0.15, -0.1) is 0 Å². The minimum atomic E-state index is 0.135. The van der Waals surface area contributed by atoms with E-state index in [9.17, 15) is 0 Å². The first kappa shape index (κ1) is 15.1. The fourth-order valence-electron chi connectivity index (χ4n) is 2.69. The third-order valence-electron chi connectivity index (χ3n) is 3.88. The second kappa shape index (κ2) is 6.53. The van der Waals surface area contributed by atoms with Gasteiger partial charge in [0.25, 0.3) is 0 Å². The van der Waals surface area contributed by atoms with Crippen molar-refractivity contribution in [1.82, 2.24) is 4.90 Å². The Kier molecular flexibility index (Phi) is 4.69. The molecule has 5 heteroatoms. The highest BCUT2D eigenvalue weighted by molar-refractivity contribution is 9.10. The fraction of sp³-hybridized carbons (Fsp3) is 0.375. The molecule has 0 amide bonds. The molecule has 2 aromatic rings. The Morgan fingerprint density at radius 1 is 1.38 bits per heavy atom. The van der Waals surface area contributed by atoms with Crippen molar-refractivity contribution in [2.75, 3.05) is 6.54 Å². The molecule has 0 aliphatic heterocycles. The maximum atomic E-state index is 6.16. The molecule has 0 saturated heterocycles. The van der Waals surface area contributed by atoms with Crippen LogP contribution < -0.4 is 5.73 Å². The van der Waals surface area contributed by atoms with Crippen LogP contribution >= 0.6 is 27.5 Å².